The molecule has 4 rings (SSSR count). The van der Waals surface area contributed by atoms with E-state index in [-0.39, 0.29) is 5.75 Å². The predicted molar refractivity (Wildman–Crippen MR) is 134 cm³/mol. The molecule has 2 aliphatic rings. The molecular formula is C28H33NO4S. The van der Waals surface area contributed by atoms with Crippen LogP contribution in [0.15, 0.2) is 84.5 Å². The van der Waals surface area contributed by atoms with Crippen molar-refractivity contribution in [1.82, 2.24) is 4.31 Å². The Labute approximate surface area is 203 Å². The second-order valence-electron chi connectivity index (χ2n) is 9.00. The summed E-state index contributed by atoms with van der Waals surface area (Å²) in [7, 11) is -3.65. The Bertz CT molecular complexity index is 1110. The summed E-state index contributed by atoms with van der Waals surface area (Å²) in [5.74, 6) is -0.557. The first-order chi connectivity index (χ1) is 16.5. The Balaban J connectivity index is 1.49. The van der Waals surface area contributed by atoms with Crippen LogP contribution >= 0.6 is 0 Å². The van der Waals surface area contributed by atoms with Gasteiger partial charge in [-0.25, -0.2) is 8.42 Å². The van der Waals surface area contributed by atoms with Crippen LogP contribution in [0.5, 0.6) is 0 Å². The van der Waals surface area contributed by atoms with E-state index in [9.17, 15) is 13.2 Å². The molecule has 1 aliphatic carbocycles. The van der Waals surface area contributed by atoms with Crippen molar-refractivity contribution in [3.63, 3.8) is 0 Å². The first-order valence-electron chi connectivity index (χ1n) is 12.2. The van der Waals surface area contributed by atoms with Crippen molar-refractivity contribution in [3.8, 4) is 0 Å². The molecule has 0 saturated carbocycles. The summed E-state index contributed by atoms with van der Waals surface area (Å²) in [5, 5.41) is 0. The first kappa shape index (κ1) is 24.4. The van der Waals surface area contributed by atoms with E-state index in [1.54, 1.807) is 12.1 Å². The number of esters is 1. The van der Waals surface area contributed by atoms with Gasteiger partial charge in [-0.1, -0.05) is 84.5 Å². The number of carbonyl (C=O) groups excluding carboxylic acids is 1. The van der Waals surface area contributed by atoms with Crippen LogP contribution in [0.2, 0.25) is 0 Å². The molecule has 0 aromatic heterocycles. The van der Waals surface area contributed by atoms with Crippen LogP contribution in [0.25, 0.3) is 0 Å². The van der Waals surface area contributed by atoms with Crippen molar-refractivity contribution in [3.05, 3.63) is 95.6 Å². The van der Waals surface area contributed by atoms with E-state index in [1.807, 2.05) is 48.5 Å². The molecule has 2 aromatic carbocycles. The molecule has 6 heteroatoms. The fraction of sp³-hybridized carbons (Fsp3) is 0.393. The number of rotatable bonds is 9. The maximum atomic E-state index is 13.4. The van der Waals surface area contributed by atoms with E-state index in [0.29, 0.717) is 19.4 Å². The van der Waals surface area contributed by atoms with E-state index < -0.39 is 28.1 Å². The quantitative estimate of drug-likeness (QED) is 0.432. The molecule has 180 valence electrons. The number of hydrogen-bond donors (Lipinski definition) is 0. The Morgan fingerprint density at radius 3 is 2.44 bits per heavy atom. The van der Waals surface area contributed by atoms with E-state index in [0.717, 1.165) is 43.2 Å². The molecule has 34 heavy (non-hydrogen) atoms. The van der Waals surface area contributed by atoms with Crippen molar-refractivity contribution < 1.29 is 17.9 Å². The maximum absolute atomic E-state index is 13.4. The Kier molecular flexibility index (Phi) is 8.35. The average Bonchev–Trinajstić information content (AvgIpc) is 2.88. The minimum Gasteiger partial charge on any atom is -0.456 e. The normalized spacial score (nSPS) is 19.9. The van der Waals surface area contributed by atoms with Gasteiger partial charge >= 0.3 is 5.97 Å². The molecule has 0 N–H and O–H groups in total. The average molecular weight is 480 g/mol. The standard InChI is InChI=1S/C28H33NO4S/c30-28(26-18-10-11-21-29(26)34(31,32)22-24-14-6-2-7-15-24)33-27(25-16-8-3-9-17-25)20-19-23-12-4-1-5-13-23/h2-4,6-9,12-17,26-27H,1,5,10-11,18-22H2/t26?,27-/m1/s1. The third kappa shape index (κ3) is 6.45. The van der Waals surface area contributed by atoms with Crippen molar-refractivity contribution >= 4 is 16.0 Å². The first-order valence-corrected chi connectivity index (χ1v) is 13.8. The van der Waals surface area contributed by atoms with Crippen LogP contribution in [0.4, 0.5) is 0 Å². The highest BCUT2D eigenvalue weighted by atomic mass is 32.2. The molecule has 0 bridgehead atoms. The molecule has 1 saturated heterocycles. The lowest BCUT2D eigenvalue weighted by molar-refractivity contribution is -0.155. The van der Waals surface area contributed by atoms with Crippen LogP contribution in [0.3, 0.4) is 0 Å². The SMILES string of the molecule is O=C(O[C@H](CCC1=CCCC=C1)c1ccccc1)C1CCCCN1S(=O)(=O)Cc1ccccc1. The molecular weight excluding hydrogens is 446 g/mol. The van der Waals surface area contributed by atoms with Gasteiger partial charge in [0.15, 0.2) is 0 Å². The van der Waals surface area contributed by atoms with Gasteiger partial charge in [-0.3, -0.25) is 4.79 Å². The number of piperidine rings is 1. The molecule has 2 atom stereocenters. The highest BCUT2D eigenvalue weighted by molar-refractivity contribution is 7.88. The lowest BCUT2D eigenvalue weighted by Gasteiger charge is -2.34. The van der Waals surface area contributed by atoms with Crippen molar-refractivity contribution in [2.45, 2.75) is 62.8 Å². The summed E-state index contributed by atoms with van der Waals surface area (Å²) in [5.41, 5.74) is 2.91. The summed E-state index contributed by atoms with van der Waals surface area (Å²) in [4.78, 5) is 13.4. The molecule has 2 aromatic rings. The van der Waals surface area contributed by atoms with Gasteiger partial charge < -0.3 is 4.74 Å². The molecule has 0 radical (unpaired) electrons. The van der Waals surface area contributed by atoms with Gasteiger partial charge in [-0.05, 0) is 56.1 Å². The minimum atomic E-state index is -3.65. The fourth-order valence-electron chi connectivity index (χ4n) is 4.67. The van der Waals surface area contributed by atoms with Gasteiger partial charge in [0.2, 0.25) is 10.0 Å². The number of hydrogen-bond acceptors (Lipinski definition) is 4. The van der Waals surface area contributed by atoms with E-state index >= 15 is 0 Å². The highest BCUT2D eigenvalue weighted by Crippen LogP contribution is 2.30. The minimum absolute atomic E-state index is 0.111. The van der Waals surface area contributed by atoms with Crippen LogP contribution < -0.4 is 0 Å². The number of carbonyl (C=O) groups is 1. The number of allylic oxidation sites excluding steroid dienone is 4. The van der Waals surface area contributed by atoms with Crippen LogP contribution in [-0.2, 0) is 25.3 Å². The molecule has 5 nitrogen and oxygen atoms in total. The summed E-state index contributed by atoms with van der Waals surface area (Å²) >= 11 is 0. The smallest absolute Gasteiger partial charge is 0.325 e. The topological polar surface area (TPSA) is 63.7 Å². The van der Waals surface area contributed by atoms with Gasteiger partial charge in [-0.15, -0.1) is 0 Å². The van der Waals surface area contributed by atoms with Gasteiger partial charge in [-0.2, -0.15) is 4.31 Å². The number of benzene rings is 2. The summed E-state index contributed by atoms with van der Waals surface area (Å²) < 4.78 is 33.9. The van der Waals surface area contributed by atoms with Gasteiger partial charge in [0.1, 0.15) is 12.1 Å². The van der Waals surface area contributed by atoms with Crippen LogP contribution in [0, 0.1) is 0 Å². The van der Waals surface area contributed by atoms with Gasteiger partial charge in [0, 0.05) is 6.54 Å². The molecule has 0 amide bonds. The van der Waals surface area contributed by atoms with Crippen molar-refractivity contribution in [1.29, 1.82) is 0 Å². The van der Waals surface area contributed by atoms with Crippen LogP contribution in [-0.4, -0.2) is 31.3 Å². The molecule has 1 heterocycles. The van der Waals surface area contributed by atoms with Gasteiger partial charge in [0.05, 0.1) is 5.75 Å². The highest BCUT2D eigenvalue weighted by Gasteiger charge is 2.38. The zero-order valence-corrected chi connectivity index (χ0v) is 20.3. The van der Waals surface area contributed by atoms with E-state index in [4.69, 9.17) is 4.74 Å². The van der Waals surface area contributed by atoms with Gasteiger partial charge in [0.25, 0.3) is 0 Å². The second-order valence-corrected chi connectivity index (χ2v) is 10.9. The molecule has 1 fully saturated rings. The number of ether oxygens (including phenoxy) is 1. The lowest BCUT2D eigenvalue weighted by Crippen LogP contribution is -2.49. The number of nitrogens with zero attached hydrogens (tertiary/aromatic N) is 1. The number of sulfonamides is 1. The molecule has 0 spiro atoms. The third-order valence-electron chi connectivity index (χ3n) is 6.47. The molecule has 1 aliphatic heterocycles. The zero-order chi connectivity index (χ0) is 23.8. The predicted octanol–water partition coefficient (Wildman–Crippen LogP) is 5.71. The largest absolute Gasteiger partial charge is 0.456 e. The van der Waals surface area contributed by atoms with Crippen molar-refractivity contribution in [2.75, 3.05) is 6.54 Å². The van der Waals surface area contributed by atoms with E-state index in [2.05, 4.69) is 18.2 Å². The van der Waals surface area contributed by atoms with E-state index in [1.165, 1.54) is 9.88 Å². The second kappa shape index (κ2) is 11.6. The Morgan fingerprint density at radius 2 is 1.74 bits per heavy atom. The Morgan fingerprint density at radius 1 is 1.00 bits per heavy atom. The summed E-state index contributed by atoms with van der Waals surface area (Å²) in [6.07, 6.45) is 11.8. The lowest BCUT2D eigenvalue weighted by atomic mass is 9.97. The maximum Gasteiger partial charge on any atom is 0.325 e. The van der Waals surface area contributed by atoms with Crippen LogP contribution in [0.1, 0.15) is 62.2 Å². The zero-order valence-electron chi connectivity index (χ0n) is 19.5. The summed E-state index contributed by atoms with van der Waals surface area (Å²) in [6.45, 7) is 0.350. The Hall–Kier alpha value is -2.70. The van der Waals surface area contributed by atoms with Crippen molar-refractivity contribution in [2.24, 2.45) is 0 Å². The third-order valence-corrected chi connectivity index (χ3v) is 8.32. The molecule has 1 unspecified atom stereocenters. The fourth-order valence-corrected chi connectivity index (χ4v) is 6.44. The summed E-state index contributed by atoms with van der Waals surface area (Å²) in [6, 6.07) is 18.1. The monoisotopic (exact) mass is 479 g/mol.